The third-order valence-corrected chi connectivity index (χ3v) is 4.70. The van der Waals surface area contributed by atoms with E-state index in [1.165, 1.54) is 0 Å². The molecule has 0 amide bonds. The molecule has 28 heavy (non-hydrogen) atoms. The van der Waals surface area contributed by atoms with E-state index in [2.05, 4.69) is 6.08 Å². The topological polar surface area (TPSA) is 40.5 Å². The Morgan fingerprint density at radius 2 is 1.18 bits per heavy atom. The fourth-order valence-electron chi connectivity index (χ4n) is 3.38. The van der Waals surface area contributed by atoms with E-state index < -0.39 is 0 Å². The molecular formula is C26H20O2. The normalized spacial score (nSPS) is 11.4. The Morgan fingerprint density at radius 3 is 1.89 bits per heavy atom. The summed E-state index contributed by atoms with van der Waals surface area (Å²) in [6.07, 6.45) is 2.10. The van der Waals surface area contributed by atoms with Crippen LogP contribution in [0.1, 0.15) is 16.7 Å². The van der Waals surface area contributed by atoms with Crippen molar-refractivity contribution >= 4 is 11.6 Å². The lowest BCUT2D eigenvalue weighted by atomic mass is 9.88. The number of rotatable bonds is 4. The third-order valence-electron chi connectivity index (χ3n) is 4.70. The molecule has 2 heteroatoms. The minimum Gasteiger partial charge on any atom is -0.507 e. The molecule has 2 N–H and O–H groups in total. The van der Waals surface area contributed by atoms with Gasteiger partial charge in [0.2, 0.25) is 0 Å². The highest BCUT2D eigenvalue weighted by atomic mass is 16.3. The molecule has 0 aliphatic carbocycles. The number of benzene rings is 4. The van der Waals surface area contributed by atoms with Gasteiger partial charge in [0.25, 0.3) is 0 Å². The first kappa shape index (κ1) is 17.6. The monoisotopic (exact) mass is 364 g/mol. The minimum atomic E-state index is 0.133. The maximum Gasteiger partial charge on any atom is 0.124 e. The molecule has 4 aromatic carbocycles. The first-order valence-corrected chi connectivity index (χ1v) is 9.17. The Kier molecular flexibility index (Phi) is 4.94. The largest absolute Gasteiger partial charge is 0.507 e. The Bertz CT molecular complexity index is 1110. The fraction of sp³-hybridized carbons (Fsp3) is 0. The van der Waals surface area contributed by atoms with Crippen LogP contribution in [0.5, 0.6) is 11.5 Å². The SMILES string of the molecule is Oc1ccccc1-c1c(O)cccc1C(=Cc1ccccc1)c1ccccc1. The second-order valence-electron chi connectivity index (χ2n) is 6.55. The Balaban J connectivity index is 2.00. The summed E-state index contributed by atoms with van der Waals surface area (Å²) in [5.41, 5.74) is 5.15. The van der Waals surface area contributed by atoms with E-state index in [1.54, 1.807) is 18.2 Å². The van der Waals surface area contributed by atoms with Gasteiger partial charge in [0, 0.05) is 11.1 Å². The second-order valence-corrected chi connectivity index (χ2v) is 6.55. The molecule has 0 fully saturated rings. The van der Waals surface area contributed by atoms with Crippen molar-refractivity contribution < 1.29 is 10.2 Å². The second kappa shape index (κ2) is 7.85. The number of aromatic hydroxyl groups is 2. The zero-order chi connectivity index (χ0) is 19.3. The molecule has 0 saturated carbocycles. The van der Waals surface area contributed by atoms with Crippen LogP contribution in [0.2, 0.25) is 0 Å². The van der Waals surface area contributed by atoms with Gasteiger partial charge < -0.3 is 10.2 Å². The molecule has 0 spiro atoms. The van der Waals surface area contributed by atoms with Crippen LogP contribution < -0.4 is 0 Å². The van der Waals surface area contributed by atoms with Crippen LogP contribution in [0, 0.1) is 0 Å². The van der Waals surface area contributed by atoms with Gasteiger partial charge in [-0.15, -0.1) is 0 Å². The molecule has 0 heterocycles. The van der Waals surface area contributed by atoms with Gasteiger partial charge in [0.05, 0.1) is 0 Å². The highest BCUT2D eigenvalue weighted by molar-refractivity contribution is 5.98. The van der Waals surface area contributed by atoms with Crippen LogP contribution in [0.3, 0.4) is 0 Å². The van der Waals surface area contributed by atoms with Crippen LogP contribution in [-0.2, 0) is 0 Å². The number of para-hydroxylation sites is 1. The molecule has 2 nitrogen and oxygen atoms in total. The van der Waals surface area contributed by atoms with Crippen molar-refractivity contribution in [3.63, 3.8) is 0 Å². The van der Waals surface area contributed by atoms with E-state index in [0.717, 1.165) is 22.3 Å². The van der Waals surface area contributed by atoms with Crippen molar-refractivity contribution in [2.75, 3.05) is 0 Å². The summed E-state index contributed by atoms with van der Waals surface area (Å²) in [6.45, 7) is 0. The van der Waals surface area contributed by atoms with Gasteiger partial charge in [-0.3, -0.25) is 0 Å². The van der Waals surface area contributed by atoms with Crippen molar-refractivity contribution in [3.05, 3.63) is 120 Å². The van der Waals surface area contributed by atoms with Crippen LogP contribution in [0.25, 0.3) is 22.8 Å². The van der Waals surface area contributed by atoms with Gasteiger partial charge in [-0.25, -0.2) is 0 Å². The molecule has 0 aliphatic rings. The van der Waals surface area contributed by atoms with E-state index in [-0.39, 0.29) is 11.5 Å². The molecule has 0 aliphatic heterocycles. The summed E-state index contributed by atoms with van der Waals surface area (Å²) in [7, 11) is 0. The lowest BCUT2D eigenvalue weighted by molar-refractivity contribution is 0.469. The fourth-order valence-corrected chi connectivity index (χ4v) is 3.38. The number of hydrogen-bond acceptors (Lipinski definition) is 2. The number of phenols is 2. The van der Waals surface area contributed by atoms with Crippen molar-refractivity contribution in [2.24, 2.45) is 0 Å². The lowest BCUT2D eigenvalue weighted by Crippen LogP contribution is -1.93. The molecular weight excluding hydrogens is 344 g/mol. The van der Waals surface area contributed by atoms with E-state index >= 15 is 0 Å². The van der Waals surface area contributed by atoms with Crippen molar-refractivity contribution in [1.29, 1.82) is 0 Å². The van der Waals surface area contributed by atoms with Gasteiger partial charge in [-0.2, -0.15) is 0 Å². The van der Waals surface area contributed by atoms with Gasteiger partial charge in [-0.1, -0.05) is 91.0 Å². The van der Waals surface area contributed by atoms with Gasteiger partial charge in [0.1, 0.15) is 11.5 Å². The van der Waals surface area contributed by atoms with Crippen molar-refractivity contribution in [1.82, 2.24) is 0 Å². The summed E-state index contributed by atoms with van der Waals surface area (Å²) in [6, 6.07) is 32.7. The smallest absolute Gasteiger partial charge is 0.124 e. The molecule has 4 aromatic rings. The first-order valence-electron chi connectivity index (χ1n) is 9.17. The standard InChI is InChI=1S/C26H20O2/c27-24-16-8-7-14-22(24)26-21(15-9-17-25(26)28)23(20-12-5-2-6-13-20)18-19-10-3-1-4-11-19/h1-18,27-28H. The summed E-state index contributed by atoms with van der Waals surface area (Å²) >= 11 is 0. The maximum absolute atomic E-state index is 10.7. The summed E-state index contributed by atoms with van der Waals surface area (Å²) < 4.78 is 0. The molecule has 4 rings (SSSR count). The number of phenolic OH excluding ortho intramolecular Hbond substituents is 2. The molecule has 0 atom stereocenters. The summed E-state index contributed by atoms with van der Waals surface area (Å²) in [4.78, 5) is 0. The van der Waals surface area contributed by atoms with E-state index in [1.807, 2.05) is 84.9 Å². The zero-order valence-corrected chi connectivity index (χ0v) is 15.3. The predicted octanol–water partition coefficient (Wildman–Crippen LogP) is 6.35. The highest BCUT2D eigenvalue weighted by Gasteiger charge is 2.17. The average Bonchev–Trinajstić information content (AvgIpc) is 2.74. The molecule has 0 radical (unpaired) electrons. The summed E-state index contributed by atoms with van der Waals surface area (Å²) in [5, 5.41) is 21.1. The summed E-state index contributed by atoms with van der Waals surface area (Å²) in [5.74, 6) is 0.270. The highest BCUT2D eigenvalue weighted by Crippen LogP contribution is 2.42. The van der Waals surface area contributed by atoms with Gasteiger partial charge >= 0.3 is 0 Å². The minimum absolute atomic E-state index is 0.133. The van der Waals surface area contributed by atoms with Crippen LogP contribution in [0.15, 0.2) is 103 Å². The molecule has 0 aromatic heterocycles. The van der Waals surface area contributed by atoms with Crippen LogP contribution in [0.4, 0.5) is 0 Å². The predicted molar refractivity (Wildman–Crippen MR) is 115 cm³/mol. The zero-order valence-electron chi connectivity index (χ0n) is 15.3. The van der Waals surface area contributed by atoms with E-state index in [9.17, 15) is 10.2 Å². The Hall–Kier alpha value is -3.78. The molecule has 136 valence electrons. The first-order chi connectivity index (χ1) is 13.7. The van der Waals surface area contributed by atoms with Crippen LogP contribution in [-0.4, -0.2) is 10.2 Å². The Morgan fingerprint density at radius 1 is 0.571 bits per heavy atom. The lowest BCUT2D eigenvalue weighted by Gasteiger charge is -2.16. The molecule has 0 bridgehead atoms. The van der Waals surface area contributed by atoms with Gasteiger partial charge in [0.15, 0.2) is 0 Å². The van der Waals surface area contributed by atoms with E-state index in [0.29, 0.717) is 11.1 Å². The van der Waals surface area contributed by atoms with Crippen LogP contribution >= 0.6 is 0 Å². The quantitative estimate of drug-likeness (QED) is 0.414. The molecule has 0 saturated heterocycles. The third kappa shape index (κ3) is 3.53. The average molecular weight is 364 g/mol. The van der Waals surface area contributed by atoms with Crippen molar-refractivity contribution in [2.45, 2.75) is 0 Å². The Labute approximate surface area is 164 Å². The van der Waals surface area contributed by atoms with Gasteiger partial charge in [-0.05, 0) is 40.5 Å². The molecule has 0 unspecified atom stereocenters. The maximum atomic E-state index is 10.7. The van der Waals surface area contributed by atoms with E-state index in [4.69, 9.17) is 0 Å². The number of hydrogen-bond donors (Lipinski definition) is 2. The van der Waals surface area contributed by atoms with Crippen molar-refractivity contribution in [3.8, 4) is 22.6 Å².